The second-order valence-electron chi connectivity index (χ2n) is 19.1. The first kappa shape index (κ1) is 42.4. The first-order valence-electron chi connectivity index (χ1n) is 25.2. The zero-order valence-electron chi connectivity index (χ0n) is 40.0. The fraction of sp³-hybridized carbons (Fsp3) is 0.0141. The van der Waals surface area contributed by atoms with Crippen LogP contribution < -0.4 is 4.90 Å². The lowest BCUT2D eigenvalue weighted by Gasteiger charge is -2.34. The standard InChI is InChI=1S/C71H47NO/c1-3-19-55(20-4-1)71(56-21-5-2-6-22-56)64-28-12-9-24-62(64)69-61(27-15-29-65(69)71)60-23-10-13-30-66(60)72(58-45-41-52(42-46-58)59-26-16-32-68-70(59)63-25-11-14-31-67(63)73-68)57-43-39-50(40-44-57)49-33-35-51(36-34-49)54-38-37-48-17-7-8-18-53(48)47-54/h1-47H. The molecule has 342 valence electrons. The number of benzene rings is 12. The van der Waals surface area contributed by atoms with Gasteiger partial charge in [0.05, 0.1) is 11.1 Å². The maximum atomic E-state index is 6.34. The van der Waals surface area contributed by atoms with Crippen molar-refractivity contribution >= 4 is 49.8 Å². The van der Waals surface area contributed by atoms with Gasteiger partial charge in [-0.2, -0.15) is 0 Å². The molecule has 0 unspecified atom stereocenters. The van der Waals surface area contributed by atoms with Crippen molar-refractivity contribution in [3.05, 3.63) is 307 Å². The normalized spacial score (nSPS) is 12.5. The number of hydrogen-bond donors (Lipinski definition) is 0. The predicted octanol–water partition coefficient (Wildman–Crippen LogP) is 19.2. The van der Waals surface area contributed by atoms with Gasteiger partial charge in [-0.05, 0) is 132 Å². The van der Waals surface area contributed by atoms with Gasteiger partial charge in [-0.1, -0.05) is 237 Å². The summed E-state index contributed by atoms with van der Waals surface area (Å²) in [6.45, 7) is 0. The average molecular weight is 930 g/mol. The largest absolute Gasteiger partial charge is 0.456 e. The number of para-hydroxylation sites is 2. The van der Waals surface area contributed by atoms with Gasteiger partial charge in [0.2, 0.25) is 0 Å². The number of fused-ring (bicyclic) bond motifs is 7. The van der Waals surface area contributed by atoms with E-state index in [4.69, 9.17) is 4.42 Å². The van der Waals surface area contributed by atoms with E-state index in [1.54, 1.807) is 0 Å². The average Bonchev–Trinajstić information content (AvgIpc) is 4.01. The summed E-state index contributed by atoms with van der Waals surface area (Å²) >= 11 is 0. The van der Waals surface area contributed by atoms with E-state index < -0.39 is 5.41 Å². The minimum absolute atomic E-state index is 0.512. The number of anilines is 3. The maximum Gasteiger partial charge on any atom is 0.136 e. The molecule has 0 atom stereocenters. The van der Waals surface area contributed by atoms with Gasteiger partial charge in [0, 0.05) is 27.7 Å². The van der Waals surface area contributed by atoms with Crippen LogP contribution in [-0.2, 0) is 5.41 Å². The second kappa shape index (κ2) is 17.4. The lowest BCUT2D eigenvalue weighted by Crippen LogP contribution is -2.28. The first-order valence-corrected chi connectivity index (χ1v) is 25.2. The van der Waals surface area contributed by atoms with Gasteiger partial charge in [0.25, 0.3) is 0 Å². The Morgan fingerprint density at radius 3 is 1.52 bits per heavy atom. The van der Waals surface area contributed by atoms with Crippen LogP contribution in [0.2, 0.25) is 0 Å². The maximum absolute atomic E-state index is 6.34. The van der Waals surface area contributed by atoms with E-state index >= 15 is 0 Å². The molecule has 0 spiro atoms. The van der Waals surface area contributed by atoms with Crippen LogP contribution >= 0.6 is 0 Å². The zero-order valence-corrected chi connectivity index (χ0v) is 40.0. The summed E-state index contributed by atoms with van der Waals surface area (Å²) in [5.41, 5.74) is 21.5. The van der Waals surface area contributed by atoms with Crippen molar-refractivity contribution in [3.63, 3.8) is 0 Å². The molecule has 14 rings (SSSR count). The molecule has 2 nitrogen and oxygen atoms in total. The lowest BCUT2D eigenvalue weighted by atomic mass is 9.67. The quantitative estimate of drug-likeness (QED) is 0.143. The Hall–Kier alpha value is -9.50. The number of hydrogen-bond acceptors (Lipinski definition) is 2. The third-order valence-corrected chi connectivity index (χ3v) is 15.2. The molecule has 0 aliphatic heterocycles. The van der Waals surface area contributed by atoms with Crippen molar-refractivity contribution in [1.82, 2.24) is 0 Å². The van der Waals surface area contributed by atoms with E-state index in [2.05, 4.69) is 278 Å². The zero-order chi connectivity index (χ0) is 48.3. The van der Waals surface area contributed by atoms with E-state index in [-0.39, 0.29) is 0 Å². The summed E-state index contributed by atoms with van der Waals surface area (Å²) in [4.78, 5) is 2.43. The van der Waals surface area contributed by atoms with Gasteiger partial charge in [0.15, 0.2) is 0 Å². The highest BCUT2D eigenvalue weighted by Crippen LogP contribution is 2.59. The molecule has 12 aromatic carbocycles. The Kier molecular flexibility index (Phi) is 10.1. The summed E-state index contributed by atoms with van der Waals surface area (Å²) in [6, 6.07) is 104. The van der Waals surface area contributed by atoms with E-state index in [0.29, 0.717) is 0 Å². The molecular formula is C71H47NO. The highest BCUT2D eigenvalue weighted by molar-refractivity contribution is 6.12. The summed E-state index contributed by atoms with van der Waals surface area (Å²) in [5, 5.41) is 4.76. The van der Waals surface area contributed by atoms with Crippen LogP contribution in [0.15, 0.2) is 290 Å². The van der Waals surface area contributed by atoms with Crippen molar-refractivity contribution in [1.29, 1.82) is 0 Å². The number of furan rings is 1. The topological polar surface area (TPSA) is 16.4 Å². The number of nitrogens with zero attached hydrogens (tertiary/aromatic N) is 1. The van der Waals surface area contributed by atoms with E-state index in [0.717, 1.165) is 61.3 Å². The second-order valence-corrected chi connectivity index (χ2v) is 19.1. The highest BCUT2D eigenvalue weighted by atomic mass is 16.3. The molecule has 0 bridgehead atoms. The van der Waals surface area contributed by atoms with Gasteiger partial charge in [-0.25, -0.2) is 0 Å². The van der Waals surface area contributed by atoms with Crippen LogP contribution in [0.3, 0.4) is 0 Å². The van der Waals surface area contributed by atoms with E-state index in [1.165, 1.54) is 66.4 Å². The molecule has 0 fully saturated rings. The van der Waals surface area contributed by atoms with Crippen LogP contribution in [0.25, 0.3) is 88.3 Å². The molecule has 0 radical (unpaired) electrons. The Labute approximate surface area is 425 Å². The van der Waals surface area contributed by atoms with Crippen LogP contribution in [0.4, 0.5) is 17.1 Å². The minimum Gasteiger partial charge on any atom is -0.456 e. The molecule has 1 aliphatic rings. The Bertz CT molecular complexity index is 4130. The van der Waals surface area contributed by atoms with E-state index in [9.17, 15) is 0 Å². The third kappa shape index (κ3) is 6.94. The van der Waals surface area contributed by atoms with Gasteiger partial charge in [-0.15, -0.1) is 0 Å². The molecule has 1 aromatic heterocycles. The molecule has 73 heavy (non-hydrogen) atoms. The van der Waals surface area contributed by atoms with Crippen LogP contribution in [0.1, 0.15) is 22.3 Å². The van der Waals surface area contributed by atoms with E-state index in [1.807, 2.05) is 12.1 Å². The van der Waals surface area contributed by atoms with Crippen molar-refractivity contribution < 1.29 is 4.42 Å². The van der Waals surface area contributed by atoms with Crippen molar-refractivity contribution in [2.45, 2.75) is 5.41 Å². The summed E-state index contributed by atoms with van der Waals surface area (Å²) < 4.78 is 6.34. The molecular weight excluding hydrogens is 883 g/mol. The summed E-state index contributed by atoms with van der Waals surface area (Å²) in [5.74, 6) is 0. The Balaban J connectivity index is 0.918. The third-order valence-electron chi connectivity index (χ3n) is 15.2. The Morgan fingerprint density at radius 2 is 0.795 bits per heavy atom. The molecule has 13 aromatic rings. The van der Waals surface area contributed by atoms with Crippen molar-refractivity contribution in [2.24, 2.45) is 0 Å². The fourth-order valence-electron chi connectivity index (χ4n) is 11.9. The van der Waals surface area contributed by atoms with Gasteiger partial charge in [0.1, 0.15) is 11.2 Å². The van der Waals surface area contributed by atoms with Gasteiger partial charge < -0.3 is 9.32 Å². The van der Waals surface area contributed by atoms with Crippen LogP contribution in [-0.4, -0.2) is 0 Å². The molecule has 1 heterocycles. The van der Waals surface area contributed by atoms with Crippen molar-refractivity contribution in [2.75, 3.05) is 4.90 Å². The van der Waals surface area contributed by atoms with Crippen LogP contribution in [0, 0.1) is 0 Å². The van der Waals surface area contributed by atoms with Gasteiger partial charge in [-0.3, -0.25) is 0 Å². The number of rotatable bonds is 9. The molecule has 0 N–H and O–H groups in total. The van der Waals surface area contributed by atoms with Crippen LogP contribution in [0.5, 0.6) is 0 Å². The molecule has 1 aliphatic carbocycles. The van der Waals surface area contributed by atoms with Crippen molar-refractivity contribution in [3.8, 4) is 55.6 Å². The summed E-state index contributed by atoms with van der Waals surface area (Å²) in [7, 11) is 0. The summed E-state index contributed by atoms with van der Waals surface area (Å²) in [6.07, 6.45) is 0. The molecule has 0 saturated heterocycles. The molecule has 2 heteroatoms. The van der Waals surface area contributed by atoms with Gasteiger partial charge >= 0.3 is 0 Å². The predicted molar refractivity (Wildman–Crippen MR) is 305 cm³/mol. The molecule has 0 saturated carbocycles. The first-order chi connectivity index (χ1) is 36.2. The highest BCUT2D eigenvalue weighted by Gasteiger charge is 2.47. The smallest absolute Gasteiger partial charge is 0.136 e. The Morgan fingerprint density at radius 1 is 0.301 bits per heavy atom. The SMILES string of the molecule is c1ccc(C2(c3ccccc3)c3ccccc3-c3c(-c4ccccc4N(c4ccc(-c5ccc(-c6ccc7ccccc7c6)cc5)cc4)c4ccc(-c5cccc6oc7ccccc7c56)cc4)cccc32)cc1. The minimum atomic E-state index is -0.512. The lowest BCUT2D eigenvalue weighted by molar-refractivity contribution is 0.669. The molecule has 0 amide bonds. The monoisotopic (exact) mass is 929 g/mol. The fourth-order valence-corrected chi connectivity index (χ4v) is 11.9.